The van der Waals surface area contributed by atoms with Gasteiger partial charge >= 0.3 is 0 Å². The van der Waals surface area contributed by atoms with Crippen molar-refractivity contribution in [3.8, 4) is 0 Å². The highest BCUT2D eigenvalue weighted by molar-refractivity contribution is 6.36. The van der Waals surface area contributed by atoms with Gasteiger partial charge in [0.1, 0.15) is 5.82 Å². The highest BCUT2D eigenvalue weighted by Crippen LogP contribution is 2.23. The van der Waals surface area contributed by atoms with Crippen molar-refractivity contribution in [2.24, 2.45) is 0 Å². The zero-order chi connectivity index (χ0) is 14.0. The molecular weight excluding hydrogens is 312 g/mol. The summed E-state index contributed by atoms with van der Waals surface area (Å²) in [6.07, 6.45) is 0. The summed E-state index contributed by atoms with van der Waals surface area (Å²) in [6.45, 7) is 0. The molecule has 1 amide bonds. The van der Waals surface area contributed by atoms with Crippen LogP contribution in [0.25, 0.3) is 0 Å². The van der Waals surface area contributed by atoms with Crippen LogP contribution in [0.2, 0.25) is 15.1 Å². The van der Waals surface area contributed by atoms with E-state index in [9.17, 15) is 9.18 Å². The maximum atomic E-state index is 13.5. The number of amides is 1. The van der Waals surface area contributed by atoms with E-state index in [-0.39, 0.29) is 21.3 Å². The standard InChI is InChI=1S/C13H7Cl3FNO/c14-7-1-3-10(16)9(5-7)13(19)18-12-4-2-8(15)6-11(12)17/h1-6H,(H,18,19). The Balaban J connectivity index is 2.28. The smallest absolute Gasteiger partial charge is 0.257 e. The number of nitrogens with one attached hydrogen (secondary N) is 1. The van der Waals surface area contributed by atoms with Gasteiger partial charge < -0.3 is 5.32 Å². The number of carbonyl (C=O) groups excluding carboxylic acids is 1. The molecule has 6 heteroatoms. The summed E-state index contributed by atoms with van der Waals surface area (Å²) < 4.78 is 13.5. The Kier molecular flexibility index (Phi) is 4.30. The first kappa shape index (κ1) is 14.1. The van der Waals surface area contributed by atoms with E-state index in [2.05, 4.69) is 5.32 Å². The quantitative estimate of drug-likeness (QED) is 0.826. The molecule has 98 valence electrons. The molecule has 0 heterocycles. The van der Waals surface area contributed by atoms with Gasteiger partial charge in [0.25, 0.3) is 5.91 Å². The molecule has 2 aromatic carbocycles. The van der Waals surface area contributed by atoms with E-state index in [1.54, 1.807) is 6.07 Å². The Morgan fingerprint density at radius 2 is 1.63 bits per heavy atom. The fourth-order valence-electron chi connectivity index (χ4n) is 1.45. The van der Waals surface area contributed by atoms with Gasteiger partial charge in [-0.05, 0) is 36.4 Å². The van der Waals surface area contributed by atoms with Crippen molar-refractivity contribution in [1.82, 2.24) is 0 Å². The van der Waals surface area contributed by atoms with Crippen molar-refractivity contribution in [3.63, 3.8) is 0 Å². The molecule has 0 aliphatic carbocycles. The number of hydrogen-bond donors (Lipinski definition) is 1. The van der Waals surface area contributed by atoms with Crippen molar-refractivity contribution >= 4 is 46.4 Å². The van der Waals surface area contributed by atoms with E-state index in [0.29, 0.717) is 5.02 Å². The highest BCUT2D eigenvalue weighted by Gasteiger charge is 2.13. The third kappa shape index (κ3) is 3.38. The van der Waals surface area contributed by atoms with Gasteiger partial charge in [0, 0.05) is 10.0 Å². The van der Waals surface area contributed by atoms with Gasteiger partial charge in [-0.2, -0.15) is 0 Å². The van der Waals surface area contributed by atoms with Crippen molar-refractivity contribution in [1.29, 1.82) is 0 Å². The zero-order valence-electron chi connectivity index (χ0n) is 9.38. The summed E-state index contributed by atoms with van der Waals surface area (Å²) in [5.41, 5.74) is 0.189. The molecule has 0 spiro atoms. The van der Waals surface area contributed by atoms with Crippen LogP contribution in [0.15, 0.2) is 36.4 Å². The van der Waals surface area contributed by atoms with Crippen molar-refractivity contribution in [2.45, 2.75) is 0 Å². The maximum absolute atomic E-state index is 13.5. The van der Waals surface area contributed by atoms with E-state index in [1.165, 1.54) is 24.3 Å². The number of anilines is 1. The molecule has 0 fully saturated rings. The van der Waals surface area contributed by atoms with Crippen LogP contribution >= 0.6 is 34.8 Å². The van der Waals surface area contributed by atoms with Gasteiger partial charge in [0.2, 0.25) is 0 Å². The molecule has 0 saturated heterocycles. The highest BCUT2D eigenvalue weighted by atomic mass is 35.5. The van der Waals surface area contributed by atoms with Crippen LogP contribution in [0, 0.1) is 5.82 Å². The second kappa shape index (κ2) is 5.78. The van der Waals surface area contributed by atoms with Gasteiger partial charge in [0.15, 0.2) is 0 Å². The monoisotopic (exact) mass is 317 g/mol. The number of rotatable bonds is 2. The summed E-state index contributed by atoms with van der Waals surface area (Å²) in [7, 11) is 0. The van der Waals surface area contributed by atoms with E-state index < -0.39 is 11.7 Å². The topological polar surface area (TPSA) is 29.1 Å². The summed E-state index contributed by atoms with van der Waals surface area (Å²) >= 11 is 17.3. The molecule has 0 unspecified atom stereocenters. The largest absolute Gasteiger partial charge is 0.319 e. The van der Waals surface area contributed by atoms with E-state index in [4.69, 9.17) is 34.8 Å². The van der Waals surface area contributed by atoms with Crippen LogP contribution in [-0.4, -0.2) is 5.91 Å². The van der Waals surface area contributed by atoms with Crippen molar-refractivity contribution in [2.75, 3.05) is 5.32 Å². The number of halogens is 4. The Morgan fingerprint density at radius 3 is 2.32 bits per heavy atom. The predicted molar refractivity (Wildman–Crippen MR) is 75.8 cm³/mol. The Labute approximate surface area is 124 Å². The fourth-order valence-corrected chi connectivity index (χ4v) is 1.99. The predicted octanol–water partition coefficient (Wildman–Crippen LogP) is 5.04. The fraction of sp³-hybridized carbons (Fsp3) is 0. The molecule has 0 saturated carbocycles. The zero-order valence-corrected chi connectivity index (χ0v) is 11.7. The number of carbonyl (C=O) groups is 1. The molecule has 0 bridgehead atoms. The summed E-state index contributed by atoms with van der Waals surface area (Å²) in [5, 5.41) is 3.25. The van der Waals surface area contributed by atoms with E-state index in [1.807, 2.05) is 0 Å². The van der Waals surface area contributed by atoms with Crippen molar-refractivity contribution in [3.05, 3.63) is 62.8 Å². The molecule has 1 N–H and O–H groups in total. The molecule has 0 aliphatic heterocycles. The van der Waals surface area contributed by atoms with Gasteiger partial charge in [-0.25, -0.2) is 4.39 Å². The molecular formula is C13H7Cl3FNO. The first-order valence-electron chi connectivity index (χ1n) is 5.19. The maximum Gasteiger partial charge on any atom is 0.257 e. The average molecular weight is 319 g/mol. The van der Waals surface area contributed by atoms with Crippen molar-refractivity contribution < 1.29 is 9.18 Å². The van der Waals surface area contributed by atoms with Crippen LogP contribution in [0.5, 0.6) is 0 Å². The van der Waals surface area contributed by atoms with Crippen LogP contribution in [-0.2, 0) is 0 Å². The number of hydrogen-bond acceptors (Lipinski definition) is 1. The van der Waals surface area contributed by atoms with Gasteiger partial charge in [-0.3, -0.25) is 4.79 Å². The summed E-state index contributed by atoms with van der Waals surface area (Å²) in [4.78, 5) is 12.0. The second-order valence-corrected chi connectivity index (χ2v) is 4.98. The lowest BCUT2D eigenvalue weighted by molar-refractivity contribution is 0.102. The molecule has 0 atom stereocenters. The summed E-state index contributed by atoms with van der Waals surface area (Å²) in [5.74, 6) is -1.17. The molecule has 19 heavy (non-hydrogen) atoms. The molecule has 2 aromatic rings. The van der Waals surface area contributed by atoms with E-state index >= 15 is 0 Å². The normalized spacial score (nSPS) is 10.3. The van der Waals surface area contributed by atoms with Gasteiger partial charge in [-0.15, -0.1) is 0 Å². The minimum Gasteiger partial charge on any atom is -0.319 e. The first-order valence-corrected chi connectivity index (χ1v) is 6.32. The van der Waals surface area contributed by atoms with Gasteiger partial charge in [-0.1, -0.05) is 34.8 Å². The van der Waals surface area contributed by atoms with Crippen LogP contribution in [0.3, 0.4) is 0 Å². The van der Waals surface area contributed by atoms with Crippen LogP contribution in [0.4, 0.5) is 10.1 Å². The second-order valence-electron chi connectivity index (χ2n) is 3.70. The van der Waals surface area contributed by atoms with E-state index in [0.717, 1.165) is 6.07 Å². The number of benzene rings is 2. The molecule has 0 radical (unpaired) electrons. The SMILES string of the molecule is O=C(Nc1ccc(Cl)cc1F)c1cc(Cl)ccc1Cl. The van der Waals surface area contributed by atoms with Gasteiger partial charge in [0.05, 0.1) is 16.3 Å². The minimum atomic E-state index is -0.626. The Morgan fingerprint density at radius 1 is 1.00 bits per heavy atom. The third-order valence-corrected chi connectivity index (χ3v) is 3.15. The Bertz CT molecular complexity index is 646. The van der Waals surface area contributed by atoms with Crippen LogP contribution in [0.1, 0.15) is 10.4 Å². The third-order valence-electron chi connectivity index (χ3n) is 2.35. The first-order chi connectivity index (χ1) is 8.97. The molecule has 2 nitrogen and oxygen atoms in total. The lowest BCUT2D eigenvalue weighted by Crippen LogP contribution is -2.13. The lowest BCUT2D eigenvalue weighted by Gasteiger charge is -2.08. The molecule has 0 aliphatic rings. The minimum absolute atomic E-state index is 0.0189. The molecule has 2 rings (SSSR count). The lowest BCUT2D eigenvalue weighted by atomic mass is 10.2. The summed E-state index contributed by atoms with van der Waals surface area (Å²) in [6, 6.07) is 8.41. The average Bonchev–Trinajstić information content (AvgIpc) is 2.35. The van der Waals surface area contributed by atoms with Crippen LogP contribution < -0.4 is 5.32 Å². The molecule has 0 aromatic heterocycles. The Hall–Kier alpha value is -1.29.